The van der Waals surface area contributed by atoms with Gasteiger partial charge in [-0.2, -0.15) is 0 Å². The van der Waals surface area contributed by atoms with Crippen molar-refractivity contribution in [1.82, 2.24) is 29.1 Å². The van der Waals surface area contributed by atoms with Gasteiger partial charge in [0, 0.05) is 7.05 Å². The Morgan fingerprint density at radius 2 is 2.04 bits per heavy atom. The summed E-state index contributed by atoms with van der Waals surface area (Å²) in [6.45, 7) is 0. The minimum absolute atomic E-state index is 0.115. The molecule has 0 fully saturated rings. The zero-order valence-corrected chi connectivity index (χ0v) is 15.7. The number of para-hydroxylation sites is 1. The summed E-state index contributed by atoms with van der Waals surface area (Å²) in [7, 11) is 1.68. The van der Waals surface area contributed by atoms with Gasteiger partial charge in [0.1, 0.15) is 10.5 Å². The van der Waals surface area contributed by atoms with Gasteiger partial charge >= 0.3 is 0 Å². The van der Waals surface area contributed by atoms with E-state index in [1.165, 1.54) is 27.7 Å². The Morgan fingerprint density at radius 3 is 2.93 bits per heavy atom. The molecule has 5 rings (SSSR count). The molecule has 0 saturated carbocycles. The SMILES string of the molecule is Cn1c(=O)c2ccccc2n2c(SCc3nc4ccsc4c(=O)[nH]3)nnc12. The molecule has 4 heterocycles. The molecule has 0 spiro atoms. The van der Waals surface area contributed by atoms with Crippen LogP contribution in [0.5, 0.6) is 0 Å². The lowest BCUT2D eigenvalue weighted by Crippen LogP contribution is -2.20. The van der Waals surface area contributed by atoms with E-state index < -0.39 is 0 Å². The fraction of sp³-hybridized carbons (Fsp3) is 0.118. The first kappa shape index (κ1) is 16.2. The normalized spacial score (nSPS) is 11.7. The second-order valence-electron chi connectivity index (χ2n) is 5.94. The standard InChI is InChI=1S/C17H12N6O2S2/c1-22-15(25)9-4-2-3-5-11(9)23-16(22)20-21-17(23)27-8-12-18-10-6-7-26-13(10)14(24)19-12/h2-7H,8H2,1H3,(H,18,19,24). The Kier molecular flexibility index (Phi) is 3.62. The number of hydrogen-bond acceptors (Lipinski definition) is 7. The van der Waals surface area contributed by atoms with Gasteiger partial charge in [-0.1, -0.05) is 23.9 Å². The number of benzene rings is 1. The van der Waals surface area contributed by atoms with E-state index in [9.17, 15) is 9.59 Å². The van der Waals surface area contributed by atoms with Crippen LogP contribution in [0, 0.1) is 0 Å². The molecule has 0 saturated heterocycles. The predicted octanol–water partition coefficient (Wildman–Crippen LogP) is 2.17. The average molecular weight is 396 g/mol. The molecule has 0 aliphatic heterocycles. The van der Waals surface area contributed by atoms with Crippen molar-refractivity contribution in [2.24, 2.45) is 7.05 Å². The van der Waals surface area contributed by atoms with Crippen molar-refractivity contribution >= 4 is 50.0 Å². The van der Waals surface area contributed by atoms with Crippen molar-refractivity contribution in [2.75, 3.05) is 0 Å². The molecule has 0 aliphatic carbocycles. The molecular weight excluding hydrogens is 384 g/mol. The van der Waals surface area contributed by atoms with E-state index in [-0.39, 0.29) is 11.1 Å². The lowest BCUT2D eigenvalue weighted by molar-refractivity contribution is 0.853. The predicted molar refractivity (Wildman–Crippen MR) is 106 cm³/mol. The van der Waals surface area contributed by atoms with Crippen molar-refractivity contribution in [3.8, 4) is 0 Å². The number of aromatic nitrogens is 6. The molecular formula is C17H12N6O2S2. The topological polar surface area (TPSA) is 97.9 Å². The van der Waals surface area contributed by atoms with E-state index in [4.69, 9.17) is 0 Å². The molecule has 8 nitrogen and oxygen atoms in total. The van der Waals surface area contributed by atoms with E-state index in [0.29, 0.717) is 38.1 Å². The van der Waals surface area contributed by atoms with Crippen LogP contribution >= 0.6 is 23.1 Å². The first-order valence-electron chi connectivity index (χ1n) is 8.05. The van der Waals surface area contributed by atoms with Gasteiger partial charge in [0.2, 0.25) is 5.78 Å². The fourth-order valence-corrected chi connectivity index (χ4v) is 4.56. The third-order valence-corrected chi connectivity index (χ3v) is 6.14. The lowest BCUT2D eigenvalue weighted by Gasteiger charge is -2.07. The molecule has 0 bridgehead atoms. The quantitative estimate of drug-likeness (QED) is 0.470. The Morgan fingerprint density at radius 1 is 1.19 bits per heavy atom. The molecule has 10 heteroatoms. The minimum atomic E-state index is -0.135. The largest absolute Gasteiger partial charge is 0.309 e. The van der Waals surface area contributed by atoms with Crippen LogP contribution in [0.25, 0.3) is 26.9 Å². The molecule has 0 radical (unpaired) electrons. The lowest BCUT2D eigenvalue weighted by atomic mass is 10.2. The maximum atomic E-state index is 12.5. The van der Waals surface area contributed by atoms with Gasteiger partial charge in [-0.05, 0) is 23.6 Å². The number of nitrogens with zero attached hydrogens (tertiary/aromatic N) is 5. The molecule has 27 heavy (non-hydrogen) atoms. The van der Waals surface area contributed by atoms with E-state index >= 15 is 0 Å². The maximum absolute atomic E-state index is 12.5. The molecule has 1 aromatic carbocycles. The first-order valence-corrected chi connectivity index (χ1v) is 9.92. The number of H-pyrrole nitrogens is 1. The van der Waals surface area contributed by atoms with Crippen LogP contribution in [0.3, 0.4) is 0 Å². The summed E-state index contributed by atoms with van der Waals surface area (Å²) in [4.78, 5) is 31.9. The number of aromatic amines is 1. The number of hydrogen-bond donors (Lipinski definition) is 1. The Balaban J connectivity index is 1.61. The fourth-order valence-electron chi connectivity index (χ4n) is 3.03. The third-order valence-electron chi connectivity index (χ3n) is 4.30. The van der Waals surface area contributed by atoms with Gasteiger partial charge in [-0.3, -0.25) is 18.6 Å². The van der Waals surface area contributed by atoms with Gasteiger partial charge in [0.25, 0.3) is 11.1 Å². The van der Waals surface area contributed by atoms with Crippen molar-refractivity contribution < 1.29 is 0 Å². The number of rotatable bonds is 3. The van der Waals surface area contributed by atoms with Crippen molar-refractivity contribution in [3.63, 3.8) is 0 Å². The minimum Gasteiger partial charge on any atom is -0.309 e. The van der Waals surface area contributed by atoms with Crippen LogP contribution in [-0.2, 0) is 12.8 Å². The Labute approximate surface area is 159 Å². The molecule has 0 amide bonds. The van der Waals surface area contributed by atoms with Crippen LogP contribution in [0.2, 0.25) is 0 Å². The molecule has 4 aromatic heterocycles. The second kappa shape index (κ2) is 6.03. The zero-order valence-electron chi connectivity index (χ0n) is 14.0. The molecule has 0 aliphatic rings. The second-order valence-corrected chi connectivity index (χ2v) is 7.79. The smallest absolute Gasteiger partial charge is 0.268 e. The summed E-state index contributed by atoms with van der Waals surface area (Å²) >= 11 is 2.78. The van der Waals surface area contributed by atoms with Crippen LogP contribution in [-0.4, -0.2) is 29.1 Å². The monoisotopic (exact) mass is 396 g/mol. The summed E-state index contributed by atoms with van der Waals surface area (Å²) < 4.78 is 3.96. The summed E-state index contributed by atoms with van der Waals surface area (Å²) in [6, 6.07) is 9.19. The Bertz CT molecular complexity index is 1450. The molecule has 0 atom stereocenters. The highest BCUT2D eigenvalue weighted by molar-refractivity contribution is 7.98. The molecule has 1 N–H and O–H groups in total. The summed E-state index contributed by atoms with van der Waals surface area (Å²) in [5.41, 5.74) is 1.19. The summed E-state index contributed by atoms with van der Waals surface area (Å²) in [5, 5.41) is 11.5. The number of fused-ring (bicyclic) bond motifs is 4. The van der Waals surface area contributed by atoms with Crippen molar-refractivity contribution in [3.05, 3.63) is 62.2 Å². The zero-order chi connectivity index (χ0) is 18.5. The molecule has 5 aromatic rings. The van der Waals surface area contributed by atoms with E-state index in [1.807, 2.05) is 34.0 Å². The third kappa shape index (κ3) is 2.48. The van der Waals surface area contributed by atoms with Gasteiger partial charge in [-0.25, -0.2) is 4.98 Å². The van der Waals surface area contributed by atoms with Crippen molar-refractivity contribution in [1.29, 1.82) is 0 Å². The van der Waals surface area contributed by atoms with E-state index in [1.54, 1.807) is 13.1 Å². The van der Waals surface area contributed by atoms with Gasteiger partial charge < -0.3 is 4.98 Å². The van der Waals surface area contributed by atoms with Crippen molar-refractivity contribution in [2.45, 2.75) is 10.9 Å². The van der Waals surface area contributed by atoms with Crippen LogP contribution in [0.15, 0.2) is 50.5 Å². The van der Waals surface area contributed by atoms with Gasteiger partial charge in [-0.15, -0.1) is 21.5 Å². The van der Waals surface area contributed by atoms with Gasteiger partial charge in [0.15, 0.2) is 5.16 Å². The molecule has 0 unspecified atom stereocenters. The van der Waals surface area contributed by atoms with Crippen LogP contribution in [0.1, 0.15) is 5.82 Å². The molecule has 134 valence electrons. The highest BCUT2D eigenvalue weighted by atomic mass is 32.2. The summed E-state index contributed by atoms with van der Waals surface area (Å²) in [6.07, 6.45) is 0. The van der Waals surface area contributed by atoms with Gasteiger partial charge in [0.05, 0.1) is 22.2 Å². The van der Waals surface area contributed by atoms with Crippen LogP contribution < -0.4 is 11.1 Å². The highest BCUT2D eigenvalue weighted by Crippen LogP contribution is 2.24. The number of thioether (sulfide) groups is 1. The summed E-state index contributed by atoms with van der Waals surface area (Å²) in [5.74, 6) is 1.47. The number of thiophene rings is 1. The van der Waals surface area contributed by atoms with Crippen LogP contribution in [0.4, 0.5) is 0 Å². The number of nitrogens with one attached hydrogen (secondary N) is 1. The van der Waals surface area contributed by atoms with E-state index in [0.717, 1.165) is 5.52 Å². The highest BCUT2D eigenvalue weighted by Gasteiger charge is 2.15. The first-order chi connectivity index (χ1) is 13.1. The Hall–Kier alpha value is -2.98. The maximum Gasteiger partial charge on any atom is 0.268 e. The average Bonchev–Trinajstić information content (AvgIpc) is 3.32. The number of aryl methyl sites for hydroxylation is 1. The van der Waals surface area contributed by atoms with E-state index in [2.05, 4.69) is 20.2 Å².